The van der Waals surface area contributed by atoms with Gasteiger partial charge in [-0.2, -0.15) is 0 Å². The van der Waals surface area contributed by atoms with Crippen LogP contribution in [0.2, 0.25) is 0 Å². The Labute approximate surface area is 121 Å². The number of hydrogen-bond acceptors (Lipinski definition) is 1. The van der Waals surface area contributed by atoms with Crippen LogP contribution in [-0.2, 0) is 0 Å². The number of phenolic OH excluding ortho intramolecular Hbond substituents is 1. The molecular weight excluding hydrogens is 244 g/mol. The van der Waals surface area contributed by atoms with Gasteiger partial charge in [-0.1, -0.05) is 55.7 Å². The molecule has 0 aliphatic heterocycles. The maximum absolute atomic E-state index is 10.1. The Morgan fingerprint density at radius 1 is 0.900 bits per heavy atom. The second-order valence-electron chi connectivity index (χ2n) is 5.87. The van der Waals surface area contributed by atoms with Gasteiger partial charge in [0.1, 0.15) is 5.75 Å². The molecule has 20 heavy (non-hydrogen) atoms. The minimum Gasteiger partial charge on any atom is -0.508 e. The van der Waals surface area contributed by atoms with Gasteiger partial charge in [-0.05, 0) is 54.0 Å². The minimum absolute atomic E-state index is 0.406. The number of hydrogen-bond donors (Lipinski definition) is 1. The average Bonchev–Trinajstić information content (AvgIpc) is 2.51. The van der Waals surface area contributed by atoms with Crippen LogP contribution in [0.1, 0.15) is 49.1 Å². The molecule has 1 aliphatic carbocycles. The molecule has 0 aromatic heterocycles. The first-order chi connectivity index (χ1) is 9.77. The van der Waals surface area contributed by atoms with Crippen LogP contribution in [0, 0.1) is 6.92 Å². The highest BCUT2D eigenvalue weighted by molar-refractivity contribution is 5.74. The summed E-state index contributed by atoms with van der Waals surface area (Å²) in [6.45, 7) is 2.03. The highest BCUT2D eigenvalue weighted by atomic mass is 16.3. The minimum atomic E-state index is 0.406. The lowest BCUT2D eigenvalue weighted by atomic mass is 9.79. The van der Waals surface area contributed by atoms with E-state index in [9.17, 15) is 5.11 Å². The molecule has 1 saturated carbocycles. The molecule has 0 spiro atoms. The highest BCUT2D eigenvalue weighted by Crippen LogP contribution is 2.41. The van der Waals surface area contributed by atoms with Gasteiger partial charge in [0.15, 0.2) is 0 Å². The summed E-state index contributed by atoms with van der Waals surface area (Å²) in [5.41, 5.74) is 4.91. The van der Waals surface area contributed by atoms with Crippen molar-refractivity contribution >= 4 is 0 Å². The molecule has 1 N–H and O–H groups in total. The molecule has 0 radical (unpaired) electrons. The summed E-state index contributed by atoms with van der Waals surface area (Å²) in [5, 5.41) is 10.1. The van der Waals surface area contributed by atoms with Gasteiger partial charge in [0.25, 0.3) is 0 Å². The van der Waals surface area contributed by atoms with E-state index in [4.69, 9.17) is 0 Å². The molecule has 0 saturated heterocycles. The Hall–Kier alpha value is -1.76. The SMILES string of the molecule is Cc1c(O)ccc(C2CCCCC2)c1-c1ccccc1. The van der Waals surface area contributed by atoms with Crippen LogP contribution in [-0.4, -0.2) is 5.11 Å². The second kappa shape index (κ2) is 5.70. The highest BCUT2D eigenvalue weighted by Gasteiger charge is 2.21. The van der Waals surface area contributed by atoms with E-state index in [1.165, 1.54) is 48.8 Å². The van der Waals surface area contributed by atoms with Crippen molar-refractivity contribution in [2.75, 3.05) is 0 Å². The quantitative estimate of drug-likeness (QED) is 0.770. The van der Waals surface area contributed by atoms with Crippen LogP contribution in [0.15, 0.2) is 42.5 Å². The maximum Gasteiger partial charge on any atom is 0.119 e. The first kappa shape index (κ1) is 13.2. The molecule has 2 aromatic rings. The van der Waals surface area contributed by atoms with Crippen LogP contribution >= 0.6 is 0 Å². The molecule has 0 amide bonds. The molecule has 1 aliphatic rings. The standard InChI is InChI=1S/C19H22O/c1-14-18(20)13-12-17(15-8-4-2-5-9-15)19(14)16-10-6-3-7-11-16/h3,6-7,10-13,15,20H,2,4-5,8-9H2,1H3. The summed E-state index contributed by atoms with van der Waals surface area (Å²) in [6, 6.07) is 14.5. The number of aromatic hydroxyl groups is 1. The summed E-state index contributed by atoms with van der Waals surface area (Å²) in [4.78, 5) is 0. The van der Waals surface area contributed by atoms with Crippen molar-refractivity contribution in [3.05, 3.63) is 53.6 Å². The summed E-state index contributed by atoms with van der Waals surface area (Å²) in [7, 11) is 0. The summed E-state index contributed by atoms with van der Waals surface area (Å²) in [5.74, 6) is 1.06. The third-order valence-corrected chi connectivity index (χ3v) is 4.58. The van der Waals surface area contributed by atoms with E-state index in [2.05, 4.69) is 30.3 Å². The van der Waals surface area contributed by atoms with Crippen LogP contribution in [0.3, 0.4) is 0 Å². The van der Waals surface area contributed by atoms with Crippen molar-refractivity contribution in [3.8, 4) is 16.9 Å². The van der Waals surface area contributed by atoms with E-state index < -0.39 is 0 Å². The van der Waals surface area contributed by atoms with Crippen molar-refractivity contribution in [1.82, 2.24) is 0 Å². The number of rotatable bonds is 2. The van der Waals surface area contributed by atoms with Gasteiger partial charge in [-0.25, -0.2) is 0 Å². The Bertz CT molecular complexity index is 580. The predicted molar refractivity (Wildman–Crippen MR) is 84.1 cm³/mol. The maximum atomic E-state index is 10.1. The molecular formula is C19H22O. The lowest BCUT2D eigenvalue weighted by Gasteiger charge is -2.26. The van der Waals surface area contributed by atoms with Gasteiger partial charge >= 0.3 is 0 Å². The lowest BCUT2D eigenvalue weighted by Crippen LogP contribution is -2.07. The van der Waals surface area contributed by atoms with Gasteiger partial charge in [-0.15, -0.1) is 0 Å². The van der Waals surface area contributed by atoms with E-state index in [0.29, 0.717) is 11.7 Å². The zero-order chi connectivity index (χ0) is 13.9. The fraction of sp³-hybridized carbons (Fsp3) is 0.368. The topological polar surface area (TPSA) is 20.2 Å². The van der Waals surface area contributed by atoms with Gasteiger partial charge in [0, 0.05) is 0 Å². The Kier molecular flexibility index (Phi) is 3.77. The third-order valence-electron chi connectivity index (χ3n) is 4.58. The van der Waals surface area contributed by atoms with Crippen LogP contribution in [0.25, 0.3) is 11.1 Å². The molecule has 0 bridgehead atoms. The van der Waals surface area contributed by atoms with E-state index in [1.54, 1.807) is 0 Å². The van der Waals surface area contributed by atoms with Gasteiger partial charge in [-0.3, -0.25) is 0 Å². The fourth-order valence-electron chi connectivity index (χ4n) is 3.46. The van der Waals surface area contributed by atoms with E-state index >= 15 is 0 Å². The molecule has 2 aromatic carbocycles. The van der Waals surface area contributed by atoms with Crippen LogP contribution in [0.5, 0.6) is 5.75 Å². The third kappa shape index (κ3) is 2.45. The second-order valence-corrected chi connectivity index (χ2v) is 5.87. The molecule has 0 atom stereocenters. The van der Waals surface area contributed by atoms with Gasteiger partial charge in [0.2, 0.25) is 0 Å². The number of phenols is 1. The molecule has 1 fully saturated rings. The average molecular weight is 266 g/mol. The molecule has 3 rings (SSSR count). The number of benzene rings is 2. The smallest absolute Gasteiger partial charge is 0.119 e. The van der Waals surface area contributed by atoms with E-state index in [0.717, 1.165) is 5.56 Å². The van der Waals surface area contributed by atoms with Crippen molar-refractivity contribution in [2.24, 2.45) is 0 Å². The van der Waals surface area contributed by atoms with Crippen molar-refractivity contribution in [2.45, 2.75) is 44.9 Å². The lowest BCUT2D eigenvalue weighted by molar-refractivity contribution is 0.442. The molecule has 1 nitrogen and oxygen atoms in total. The van der Waals surface area contributed by atoms with Crippen molar-refractivity contribution in [3.63, 3.8) is 0 Å². The Balaban J connectivity index is 2.12. The van der Waals surface area contributed by atoms with Gasteiger partial charge < -0.3 is 5.11 Å². The van der Waals surface area contributed by atoms with E-state index in [1.807, 2.05) is 19.1 Å². The Morgan fingerprint density at radius 3 is 2.30 bits per heavy atom. The zero-order valence-corrected chi connectivity index (χ0v) is 12.1. The predicted octanol–water partition coefficient (Wildman–Crippen LogP) is 5.42. The molecule has 1 heteroatoms. The molecule has 0 unspecified atom stereocenters. The fourth-order valence-corrected chi connectivity index (χ4v) is 3.46. The van der Waals surface area contributed by atoms with Gasteiger partial charge in [0.05, 0.1) is 0 Å². The summed E-state index contributed by atoms with van der Waals surface area (Å²) in [6.07, 6.45) is 6.60. The molecule has 104 valence electrons. The first-order valence-electron chi connectivity index (χ1n) is 7.65. The van der Waals surface area contributed by atoms with Crippen LogP contribution in [0.4, 0.5) is 0 Å². The molecule has 0 heterocycles. The Morgan fingerprint density at radius 2 is 1.60 bits per heavy atom. The monoisotopic (exact) mass is 266 g/mol. The normalized spacial score (nSPS) is 16.2. The summed E-state index contributed by atoms with van der Waals surface area (Å²) < 4.78 is 0. The summed E-state index contributed by atoms with van der Waals surface area (Å²) >= 11 is 0. The van der Waals surface area contributed by atoms with Crippen molar-refractivity contribution < 1.29 is 5.11 Å². The zero-order valence-electron chi connectivity index (χ0n) is 12.1. The van der Waals surface area contributed by atoms with E-state index in [-0.39, 0.29) is 0 Å². The first-order valence-corrected chi connectivity index (χ1v) is 7.65. The van der Waals surface area contributed by atoms with Crippen molar-refractivity contribution in [1.29, 1.82) is 0 Å². The van der Waals surface area contributed by atoms with Crippen LogP contribution < -0.4 is 0 Å². The largest absolute Gasteiger partial charge is 0.508 e.